The van der Waals surface area contributed by atoms with E-state index in [1.807, 2.05) is 37.3 Å². The van der Waals surface area contributed by atoms with Crippen LogP contribution in [0.5, 0.6) is 5.75 Å². The van der Waals surface area contributed by atoms with E-state index in [1.54, 1.807) is 43.3 Å². The van der Waals surface area contributed by atoms with Gasteiger partial charge in [-0.25, -0.2) is 12.8 Å². The number of hydrogen-bond donors (Lipinski definition) is 1. The van der Waals surface area contributed by atoms with Gasteiger partial charge in [-0.15, -0.1) is 0 Å². The van der Waals surface area contributed by atoms with Gasteiger partial charge in [-0.1, -0.05) is 72.3 Å². The van der Waals surface area contributed by atoms with Gasteiger partial charge in [0.2, 0.25) is 11.8 Å². The maximum absolute atomic E-state index is 14.4. The predicted octanol–water partition coefficient (Wildman–Crippen LogP) is 5.11. The summed E-state index contributed by atoms with van der Waals surface area (Å²) in [7, 11) is -2.85. The summed E-state index contributed by atoms with van der Waals surface area (Å²) in [4.78, 5) is 29.3. The van der Waals surface area contributed by atoms with E-state index in [-0.39, 0.29) is 29.3 Å². The molecule has 0 aromatic heterocycles. The van der Waals surface area contributed by atoms with Crippen LogP contribution in [0.25, 0.3) is 0 Å². The molecule has 2 amide bonds. The maximum atomic E-state index is 14.4. The Bertz CT molecular complexity index is 1660. The first-order chi connectivity index (χ1) is 21.1. The van der Waals surface area contributed by atoms with Crippen molar-refractivity contribution < 1.29 is 27.1 Å². The number of aryl methyl sites for hydroxylation is 1. The molecule has 0 aliphatic carbocycles. The molecule has 0 saturated carbocycles. The van der Waals surface area contributed by atoms with Gasteiger partial charge in [-0.05, 0) is 61.4 Å². The Morgan fingerprint density at radius 1 is 0.864 bits per heavy atom. The number of methoxy groups -OCH3 is 1. The Balaban J connectivity index is 1.82. The van der Waals surface area contributed by atoms with Crippen LogP contribution in [-0.4, -0.2) is 51.4 Å². The van der Waals surface area contributed by atoms with E-state index in [4.69, 9.17) is 4.74 Å². The van der Waals surface area contributed by atoms with Gasteiger partial charge in [-0.2, -0.15) is 0 Å². The van der Waals surface area contributed by atoms with Crippen molar-refractivity contribution >= 4 is 27.5 Å². The number of anilines is 1. The second-order valence-electron chi connectivity index (χ2n) is 10.2. The van der Waals surface area contributed by atoms with Gasteiger partial charge in [0.05, 0.1) is 17.7 Å². The molecule has 44 heavy (non-hydrogen) atoms. The molecule has 0 bridgehead atoms. The normalized spacial score (nSPS) is 11.8. The lowest BCUT2D eigenvalue weighted by molar-refractivity contribution is -0.140. The largest absolute Gasteiger partial charge is 0.495 e. The number of likely N-dealkylation sites (N-methyl/N-ethyl adjacent to an activating group) is 1. The summed E-state index contributed by atoms with van der Waals surface area (Å²) in [6.45, 7) is 3.28. The Morgan fingerprint density at radius 2 is 1.50 bits per heavy atom. The maximum Gasteiger partial charge on any atom is 0.264 e. The van der Waals surface area contributed by atoms with Crippen LogP contribution >= 0.6 is 0 Å². The van der Waals surface area contributed by atoms with Gasteiger partial charge >= 0.3 is 0 Å². The number of rotatable bonds is 13. The van der Waals surface area contributed by atoms with Gasteiger partial charge in [0.25, 0.3) is 10.0 Å². The fraction of sp³-hybridized carbons (Fsp3) is 0.235. The van der Waals surface area contributed by atoms with Crippen LogP contribution in [0.3, 0.4) is 0 Å². The highest BCUT2D eigenvalue weighted by Crippen LogP contribution is 2.32. The molecule has 8 nitrogen and oxygen atoms in total. The highest BCUT2D eigenvalue weighted by Gasteiger charge is 2.35. The molecule has 4 rings (SSSR count). The zero-order valence-electron chi connectivity index (χ0n) is 24.9. The highest BCUT2D eigenvalue weighted by molar-refractivity contribution is 7.92. The summed E-state index contributed by atoms with van der Waals surface area (Å²) < 4.78 is 48.6. The van der Waals surface area contributed by atoms with Crippen molar-refractivity contribution in [3.8, 4) is 5.75 Å². The quantitative estimate of drug-likeness (QED) is 0.225. The zero-order valence-corrected chi connectivity index (χ0v) is 25.8. The fourth-order valence-electron chi connectivity index (χ4n) is 4.82. The van der Waals surface area contributed by atoms with E-state index < -0.39 is 40.2 Å². The smallest absolute Gasteiger partial charge is 0.264 e. The molecule has 1 N–H and O–H groups in total. The van der Waals surface area contributed by atoms with Gasteiger partial charge in [0.1, 0.15) is 24.2 Å². The molecular weight excluding hydrogens is 581 g/mol. The number of ether oxygens (including phenoxy) is 1. The van der Waals surface area contributed by atoms with E-state index >= 15 is 0 Å². The second-order valence-corrected chi connectivity index (χ2v) is 12.1. The molecule has 0 radical (unpaired) electrons. The van der Waals surface area contributed by atoms with Gasteiger partial charge < -0.3 is 15.0 Å². The SMILES string of the molecule is CCNC(=O)[C@@H](Cc1ccccc1)N(Cc1ccc(F)cc1)C(=O)CN(c1ccccc1OC)S(=O)(=O)c1ccc(C)cc1. The fourth-order valence-corrected chi connectivity index (χ4v) is 6.24. The van der Waals surface area contributed by atoms with Crippen LogP contribution in [0.4, 0.5) is 10.1 Å². The lowest BCUT2D eigenvalue weighted by Gasteiger charge is -2.34. The first-order valence-electron chi connectivity index (χ1n) is 14.2. The Morgan fingerprint density at radius 3 is 2.14 bits per heavy atom. The first-order valence-corrected chi connectivity index (χ1v) is 15.7. The number of carbonyl (C=O) groups is 2. The van der Waals surface area contributed by atoms with E-state index in [0.717, 1.165) is 15.4 Å². The number of sulfonamides is 1. The molecule has 0 aliphatic heterocycles. The Labute approximate surface area is 258 Å². The predicted molar refractivity (Wildman–Crippen MR) is 168 cm³/mol. The van der Waals surface area contributed by atoms with Crippen molar-refractivity contribution in [2.24, 2.45) is 0 Å². The van der Waals surface area contributed by atoms with Crippen molar-refractivity contribution in [2.45, 2.75) is 37.8 Å². The zero-order chi connectivity index (χ0) is 31.7. The highest BCUT2D eigenvalue weighted by atomic mass is 32.2. The van der Waals surface area contributed by atoms with Crippen LogP contribution < -0.4 is 14.4 Å². The van der Waals surface area contributed by atoms with Crippen molar-refractivity contribution in [3.63, 3.8) is 0 Å². The molecule has 1 atom stereocenters. The van der Waals surface area contributed by atoms with Crippen molar-refractivity contribution in [2.75, 3.05) is 24.5 Å². The summed E-state index contributed by atoms with van der Waals surface area (Å²) in [5, 5.41) is 2.82. The molecule has 230 valence electrons. The van der Waals surface area contributed by atoms with Crippen LogP contribution in [0, 0.1) is 12.7 Å². The molecular formula is C34H36FN3O5S. The summed E-state index contributed by atoms with van der Waals surface area (Å²) in [5.41, 5.74) is 2.44. The third-order valence-corrected chi connectivity index (χ3v) is 8.90. The van der Waals surface area contributed by atoms with Gasteiger partial charge in [0.15, 0.2) is 0 Å². The Hall–Kier alpha value is -4.70. The molecule has 0 aliphatic rings. The number of carbonyl (C=O) groups excluding carboxylic acids is 2. The van der Waals surface area contributed by atoms with E-state index in [2.05, 4.69) is 5.32 Å². The molecule has 0 fully saturated rings. The third kappa shape index (κ3) is 7.82. The minimum absolute atomic E-state index is 0.00328. The van der Waals surface area contributed by atoms with Gasteiger partial charge in [0, 0.05) is 19.5 Å². The number of halogens is 1. The van der Waals surface area contributed by atoms with Crippen molar-refractivity contribution in [3.05, 3.63) is 126 Å². The first kappa shape index (κ1) is 32.2. The number of nitrogens with one attached hydrogen (secondary N) is 1. The molecule has 0 heterocycles. The topological polar surface area (TPSA) is 96.0 Å². The third-order valence-electron chi connectivity index (χ3n) is 7.13. The Kier molecular flexibility index (Phi) is 10.7. The van der Waals surface area contributed by atoms with Crippen LogP contribution in [0.15, 0.2) is 108 Å². The van der Waals surface area contributed by atoms with Crippen molar-refractivity contribution in [1.29, 1.82) is 0 Å². The summed E-state index contributed by atoms with van der Waals surface area (Å²) in [6, 6.07) is 26.8. The second kappa shape index (κ2) is 14.7. The molecule has 0 spiro atoms. The molecule has 4 aromatic rings. The summed E-state index contributed by atoms with van der Waals surface area (Å²) >= 11 is 0. The van der Waals surface area contributed by atoms with Gasteiger partial charge in [-0.3, -0.25) is 13.9 Å². The van der Waals surface area contributed by atoms with E-state index in [1.165, 1.54) is 48.4 Å². The van der Waals surface area contributed by atoms with Crippen LogP contribution in [0.1, 0.15) is 23.6 Å². The van der Waals surface area contributed by atoms with E-state index in [9.17, 15) is 22.4 Å². The number of benzene rings is 4. The summed E-state index contributed by atoms with van der Waals surface area (Å²) in [5.74, 6) is -1.20. The standard InChI is InChI=1S/C34H36FN3O5S/c1-4-36-34(40)31(22-26-10-6-5-7-11-26)37(23-27-16-18-28(35)19-17-27)33(39)24-38(30-12-8-9-13-32(30)43-3)44(41,42)29-20-14-25(2)15-21-29/h5-21,31H,4,22-24H2,1-3H3,(H,36,40)/t31-/m1/s1. The number of hydrogen-bond acceptors (Lipinski definition) is 5. The molecule has 10 heteroatoms. The number of nitrogens with zero attached hydrogens (tertiary/aromatic N) is 2. The van der Waals surface area contributed by atoms with Crippen molar-refractivity contribution in [1.82, 2.24) is 10.2 Å². The van der Waals surface area contributed by atoms with Crippen LogP contribution in [-0.2, 0) is 32.6 Å². The molecule has 0 saturated heterocycles. The lowest BCUT2D eigenvalue weighted by atomic mass is 10.0. The number of para-hydroxylation sites is 2. The van der Waals surface area contributed by atoms with E-state index in [0.29, 0.717) is 12.1 Å². The van der Waals surface area contributed by atoms with Crippen LogP contribution in [0.2, 0.25) is 0 Å². The number of amides is 2. The molecule has 4 aromatic carbocycles. The average Bonchev–Trinajstić information content (AvgIpc) is 3.03. The monoisotopic (exact) mass is 617 g/mol. The summed E-state index contributed by atoms with van der Waals surface area (Å²) in [6.07, 6.45) is 0.180. The minimum atomic E-state index is -4.27. The average molecular weight is 618 g/mol. The minimum Gasteiger partial charge on any atom is -0.495 e. The molecule has 0 unspecified atom stereocenters. The lowest BCUT2D eigenvalue weighted by Crippen LogP contribution is -2.53.